The molecule has 8 heteroatoms. The highest BCUT2D eigenvalue weighted by Crippen LogP contribution is 2.36. The molecule has 1 fully saturated rings. The molecule has 1 aromatic rings. The van der Waals surface area contributed by atoms with E-state index in [1.54, 1.807) is 12.1 Å². The zero-order valence-electron chi connectivity index (χ0n) is 12.9. The first-order valence-corrected chi connectivity index (χ1v) is 8.93. The Labute approximate surface area is 135 Å². The first-order chi connectivity index (χ1) is 10.9. The fourth-order valence-electron chi connectivity index (χ4n) is 3.35. The average Bonchev–Trinajstić information content (AvgIpc) is 3.13. The molecule has 1 unspecified atom stereocenters. The summed E-state index contributed by atoms with van der Waals surface area (Å²) < 4.78 is 37.8. The van der Waals surface area contributed by atoms with Gasteiger partial charge in [-0.05, 0) is 36.6 Å². The maximum absolute atomic E-state index is 13.1. The number of methoxy groups -OCH3 is 1. The molecule has 3 rings (SSSR count). The molecule has 23 heavy (non-hydrogen) atoms. The second-order valence-corrected chi connectivity index (χ2v) is 7.74. The molecule has 2 aliphatic rings. The van der Waals surface area contributed by atoms with Crippen molar-refractivity contribution in [2.24, 2.45) is 5.73 Å². The Morgan fingerprint density at radius 3 is 2.96 bits per heavy atom. The van der Waals surface area contributed by atoms with Gasteiger partial charge in [0.1, 0.15) is 11.3 Å². The monoisotopic (exact) mass is 340 g/mol. The van der Waals surface area contributed by atoms with Gasteiger partial charge in [0.15, 0.2) is 0 Å². The van der Waals surface area contributed by atoms with E-state index in [0.29, 0.717) is 31.6 Å². The first-order valence-electron chi connectivity index (χ1n) is 7.49. The third-order valence-corrected chi connectivity index (χ3v) is 6.48. The van der Waals surface area contributed by atoms with Crippen molar-refractivity contribution in [3.8, 4) is 5.75 Å². The summed E-state index contributed by atoms with van der Waals surface area (Å²) in [6, 6.07) is 4.79. The molecule has 2 N–H and O–H groups in total. The molecule has 0 aromatic heterocycles. The van der Waals surface area contributed by atoms with E-state index >= 15 is 0 Å². The van der Waals surface area contributed by atoms with Crippen molar-refractivity contribution in [1.82, 2.24) is 4.31 Å². The number of amides is 1. The van der Waals surface area contributed by atoms with Crippen molar-refractivity contribution in [1.29, 1.82) is 0 Å². The molecule has 0 spiro atoms. The van der Waals surface area contributed by atoms with Gasteiger partial charge in [0, 0.05) is 20.1 Å². The molecule has 1 saturated heterocycles. The van der Waals surface area contributed by atoms with E-state index in [0.717, 1.165) is 5.56 Å². The Hall–Kier alpha value is -1.64. The van der Waals surface area contributed by atoms with Gasteiger partial charge in [-0.25, -0.2) is 8.42 Å². The third-order valence-electron chi connectivity index (χ3n) is 4.52. The van der Waals surface area contributed by atoms with E-state index in [1.807, 2.05) is 0 Å². The summed E-state index contributed by atoms with van der Waals surface area (Å²) in [5, 5.41) is 0. The average molecular weight is 340 g/mol. The molecule has 0 radical (unpaired) electrons. The van der Waals surface area contributed by atoms with Crippen LogP contribution >= 0.6 is 0 Å². The number of hydrogen-bond acceptors (Lipinski definition) is 5. The molecule has 0 bridgehead atoms. The highest BCUT2D eigenvalue weighted by atomic mass is 32.2. The topological polar surface area (TPSA) is 98.9 Å². The van der Waals surface area contributed by atoms with E-state index in [2.05, 4.69) is 0 Å². The second-order valence-electron chi connectivity index (χ2n) is 5.88. The standard InChI is InChI=1S/C15H20N2O5S/c1-21-10-15(14(16)18)6-2-7-17(15)23(19,20)12-3-4-13-11(9-12)5-8-22-13/h3-4,9H,2,5-8,10H2,1H3,(H2,16,18). The fourth-order valence-corrected chi connectivity index (χ4v) is 5.20. The van der Waals surface area contributed by atoms with Gasteiger partial charge in [0.25, 0.3) is 0 Å². The van der Waals surface area contributed by atoms with Crippen molar-refractivity contribution in [2.75, 3.05) is 26.9 Å². The summed E-state index contributed by atoms with van der Waals surface area (Å²) in [7, 11) is -2.41. The van der Waals surface area contributed by atoms with Crippen molar-refractivity contribution >= 4 is 15.9 Å². The Kier molecular flexibility index (Phi) is 4.07. The number of fused-ring (bicyclic) bond motifs is 1. The smallest absolute Gasteiger partial charge is 0.244 e. The van der Waals surface area contributed by atoms with Crippen LogP contribution in [0.1, 0.15) is 18.4 Å². The third kappa shape index (κ3) is 2.50. The van der Waals surface area contributed by atoms with Crippen molar-refractivity contribution in [2.45, 2.75) is 29.7 Å². The first kappa shape index (κ1) is 16.2. The van der Waals surface area contributed by atoms with Crippen LogP contribution in [-0.2, 0) is 26.0 Å². The Morgan fingerprint density at radius 1 is 1.48 bits per heavy atom. The van der Waals surface area contributed by atoms with Gasteiger partial charge in [0.05, 0.1) is 18.1 Å². The van der Waals surface area contributed by atoms with Crippen molar-refractivity contribution < 1.29 is 22.7 Å². The molecule has 2 aliphatic heterocycles. The lowest BCUT2D eigenvalue weighted by molar-refractivity contribution is -0.128. The summed E-state index contributed by atoms with van der Waals surface area (Å²) in [5.41, 5.74) is 5.08. The van der Waals surface area contributed by atoms with E-state index in [1.165, 1.54) is 17.5 Å². The van der Waals surface area contributed by atoms with Crippen LogP contribution in [0.25, 0.3) is 0 Å². The van der Waals surface area contributed by atoms with Crippen LogP contribution in [0.4, 0.5) is 0 Å². The number of primary amides is 1. The van der Waals surface area contributed by atoms with E-state index in [-0.39, 0.29) is 18.0 Å². The predicted molar refractivity (Wildman–Crippen MR) is 82.6 cm³/mol. The number of nitrogens with zero attached hydrogens (tertiary/aromatic N) is 1. The fraction of sp³-hybridized carbons (Fsp3) is 0.533. The summed E-state index contributed by atoms with van der Waals surface area (Å²) in [5.74, 6) is 0.0355. The summed E-state index contributed by atoms with van der Waals surface area (Å²) in [4.78, 5) is 12.2. The Bertz CT molecular complexity index is 733. The lowest BCUT2D eigenvalue weighted by Gasteiger charge is -2.34. The summed E-state index contributed by atoms with van der Waals surface area (Å²) in [6.07, 6.45) is 1.61. The zero-order chi connectivity index (χ0) is 16.7. The number of rotatable bonds is 5. The molecule has 126 valence electrons. The molecular weight excluding hydrogens is 320 g/mol. The number of benzene rings is 1. The SMILES string of the molecule is COCC1(C(N)=O)CCCN1S(=O)(=O)c1ccc2c(c1)CCO2. The van der Waals surface area contributed by atoms with Gasteiger partial charge in [-0.2, -0.15) is 4.31 Å². The van der Waals surface area contributed by atoms with Gasteiger partial charge in [-0.3, -0.25) is 4.79 Å². The number of sulfonamides is 1. The lowest BCUT2D eigenvalue weighted by Crippen LogP contribution is -2.58. The lowest BCUT2D eigenvalue weighted by atomic mass is 9.98. The quantitative estimate of drug-likeness (QED) is 0.830. The van der Waals surface area contributed by atoms with Gasteiger partial charge in [0.2, 0.25) is 15.9 Å². The van der Waals surface area contributed by atoms with Gasteiger partial charge >= 0.3 is 0 Å². The normalized spacial score (nSPS) is 24.4. The number of carbonyl (C=O) groups excluding carboxylic acids is 1. The minimum absolute atomic E-state index is 0.0460. The van der Waals surface area contributed by atoms with Crippen molar-refractivity contribution in [3.05, 3.63) is 23.8 Å². The minimum Gasteiger partial charge on any atom is -0.493 e. The minimum atomic E-state index is -3.84. The number of hydrogen-bond donors (Lipinski definition) is 1. The van der Waals surface area contributed by atoms with Crippen molar-refractivity contribution in [3.63, 3.8) is 0 Å². The largest absolute Gasteiger partial charge is 0.493 e. The molecule has 2 heterocycles. The van der Waals surface area contributed by atoms with Gasteiger partial charge < -0.3 is 15.2 Å². The molecule has 0 aliphatic carbocycles. The van der Waals surface area contributed by atoms with Crippen LogP contribution in [-0.4, -0.2) is 51.0 Å². The van der Waals surface area contributed by atoms with Crippen LogP contribution in [0.3, 0.4) is 0 Å². The molecule has 1 aromatic carbocycles. The zero-order valence-corrected chi connectivity index (χ0v) is 13.8. The highest BCUT2D eigenvalue weighted by Gasteiger charge is 2.52. The molecule has 1 atom stereocenters. The number of nitrogens with two attached hydrogens (primary N) is 1. The molecule has 1 amide bonds. The highest BCUT2D eigenvalue weighted by molar-refractivity contribution is 7.89. The van der Waals surface area contributed by atoms with E-state index < -0.39 is 21.5 Å². The summed E-state index contributed by atoms with van der Waals surface area (Å²) in [6.45, 7) is 0.759. The maximum atomic E-state index is 13.1. The molecule has 0 saturated carbocycles. The van der Waals surface area contributed by atoms with E-state index in [4.69, 9.17) is 15.2 Å². The van der Waals surface area contributed by atoms with Crippen LogP contribution in [0.15, 0.2) is 23.1 Å². The Balaban J connectivity index is 2.03. The van der Waals surface area contributed by atoms with Crippen LogP contribution in [0.2, 0.25) is 0 Å². The Morgan fingerprint density at radius 2 is 2.26 bits per heavy atom. The summed E-state index contributed by atoms with van der Waals surface area (Å²) >= 11 is 0. The number of ether oxygens (including phenoxy) is 2. The van der Waals surface area contributed by atoms with E-state index in [9.17, 15) is 13.2 Å². The molecular formula is C15H20N2O5S. The maximum Gasteiger partial charge on any atom is 0.244 e. The van der Waals surface area contributed by atoms with Gasteiger partial charge in [-0.1, -0.05) is 0 Å². The van der Waals surface area contributed by atoms with Crippen LogP contribution < -0.4 is 10.5 Å². The van der Waals surface area contributed by atoms with Gasteiger partial charge in [-0.15, -0.1) is 0 Å². The van der Waals surface area contributed by atoms with Crippen LogP contribution in [0, 0.1) is 0 Å². The second kappa shape index (κ2) is 5.77. The number of carbonyl (C=O) groups is 1. The predicted octanol–water partition coefficient (Wildman–Crippen LogP) is 0.277. The molecule has 7 nitrogen and oxygen atoms in total. The van der Waals surface area contributed by atoms with Crippen LogP contribution in [0.5, 0.6) is 5.75 Å².